The van der Waals surface area contributed by atoms with E-state index in [1.807, 2.05) is 6.20 Å². The second-order valence-corrected chi connectivity index (χ2v) is 5.05. The number of carbonyl (C=O) groups excluding carboxylic acids is 1. The maximum atomic E-state index is 10.5. The van der Waals surface area contributed by atoms with Crippen molar-refractivity contribution in [2.24, 2.45) is 17.8 Å². The molecule has 0 saturated heterocycles. The summed E-state index contributed by atoms with van der Waals surface area (Å²) in [5, 5.41) is 0. The molecule has 0 aromatic carbocycles. The first-order valence-corrected chi connectivity index (χ1v) is 5.82. The number of aldehydes is 1. The van der Waals surface area contributed by atoms with E-state index in [1.54, 1.807) is 6.33 Å². The third-order valence-corrected chi connectivity index (χ3v) is 4.10. The summed E-state index contributed by atoms with van der Waals surface area (Å²) >= 11 is 0. The molecule has 2 aliphatic rings. The first kappa shape index (κ1) is 9.13. The zero-order valence-electron chi connectivity index (χ0n) is 8.80. The van der Waals surface area contributed by atoms with Crippen LogP contribution >= 0.6 is 0 Å². The summed E-state index contributed by atoms with van der Waals surface area (Å²) in [6, 6.07) is 0. The third-order valence-electron chi connectivity index (χ3n) is 4.10. The maximum Gasteiger partial charge on any atom is 0.169 e. The van der Waals surface area contributed by atoms with Crippen molar-refractivity contribution in [2.75, 3.05) is 0 Å². The Bertz CT molecular complexity index is 371. The molecule has 2 saturated carbocycles. The Balaban J connectivity index is 1.68. The highest BCUT2D eigenvalue weighted by Crippen LogP contribution is 2.48. The second-order valence-electron chi connectivity index (χ2n) is 5.05. The van der Waals surface area contributed by atoms with Crippen molar-refractivity contribution in [3.63, 3.8) is 0 Å². The summed E-state index contributed by atoms with van der Waals surface area (Å²) in [6.45, 7) is 1.06. The van der Waals surface area contributed by atoms with Crippen LogP contribution in [0.25, 0.3) is 0 Å². The van der Waals surface area contributed by atoms with Crippen LogP contribution < -0.4 is 0 Å². The molecule has 2 bridgehead atoms. The lowest BCUT2D eigenvalue weighted by molar-refractivity contribution is 0.111. The third kappa shape index (κ3) is 1.60. The molecule has 3 atom stereocenters. The maximum absolute atomic E-state index is 10.5. The van der Waals surface area contributed by atoms with Crippen LogP contribution in [0.15, 0.2) is 12.5 Å². The van der Waals surface area contributed by atoms with E-state index in [9.17, 15) is 4.79 Å². The first-order valence-electron chi connectivity index (χ1n) is 5.82. The number of carbonyl (C=O) groups is 1. The van der Waals surface area contributed by atoms with Crippen molar-refractivity contribution in [3.05, 3.63) is 18.2 Å². The van der Waals surface area contributed by atoms with Crippen LogP contribution in [-0.2, 0) is 6.54 Å². The lowest BCUT2D eigenvalue weighted by Gasteiger charge is -2.21. The Kier molecular flexibility index (Phi) is 2.11. The minimum absolute atomic E-state index is 0.554. The van der Waals surface area contributed by atoms with Gasteiger partial charge in [-0.25, -0.2) is 4.98 Å². The van der Waals surface area contributed by atoms with Gasteiger partial charge in [0.05, 0.1) is 6.33 Å². The fraction of sp³-hybridized carbons (Fsp3) is 0.667. The zero-order valence-corrected chi connectivity index (χ0v) is 8.80. The first-order chi connectivity index (χ1) is 7.35. The molecule has 1 aromatic rings. The summed E-state index contributed by atoms with van der Waals surface area (Å²) < 4.78 is 2.08. The van der Waals surface area contributed by atoms with E-state index in [0.29, 0.717) is 5.69 Å². The molecule has 15 heavy (non-hydrogen) atoms. The fourth-order valence-corrected chi connectivity index (χ4v) is 3.41. The van der Waals surface area contributed by atoms with E-state index >= 15 is 0 Å². The van der Waals surface area contributed by atoms with Gasteiger partial charge in [-0.2, -0.15) is 0 Å². The van der Waals surface area contributed by atoms with Gasteiger partial charge in [-0.1, -0.05) is 6.42 Å². The zero-order chi connectivity index (χ0) is 10.3. The molecule has 2 fully saturated rings. The minimum atomic E-state index is 0.554. The number of rotatable bonds is 3. The molecule has 3 nitrogen and oxygen atoms in total. The molecule has 3 rings (SSSR count). The van der Waals surface area contributed by atoms with E-state index in [2.05, 4.69) is 9.55 Å². The Morgan fingerprint density at radius 1 is 1.47 bits per heavy atom. The number of hydrogen-bond acceptors (Lipinski definition) is 2. The SMILES string of the molecule is O=Cc1cn(CC2CC3CCC2C3)cn1. The van der Waals surface area contributed by atoms with Crippen LogP contribution in [-0.4, -0.2) is 15.8 Å². The molecule has 0 amide bonds. The van der Waals surface area contributed by atoms with Crippen LogP contribution in [0.2, 0.25) is 0 Å². The molecule has 3 unspecified atom stereocenters. The van der Waals surface area contributed by atoms with Gasteiger partial charge in [0.1, 0.15) is 5.69 Å². The van der Waals surface area contributed by atoms with Crippen molar-refractivity contribution in [1.29, 1.82) is 0 Å². The van der Waals surface area contributed by atoms with Crippen LogP contribution in [0.3, 0.4) is 0 Å². The van der Waals surface area contributed by atoms with Crippen LogP contribution in [0.5, 0.6) is 0 Å². The van der Waals surface area contributed by atoms with Gasteiger partial charge in [-0.15, -0.1) is 0 Å². The molecule has 0 spiro atoms. The van der Waals surface area contributed by atoms with Gasteiger partial charge in [-0.05, 0) is 37.0 Å². The summed E-state index contributed by atoms with van der Waals surface area (Å²) in [7, 11) is 0. The molecule has 0 radical (unpaired) electrons. The van der Waals surface area contributed by atoms with Crippen molar-refractivity contribution in [3.8, 4) is 0 Å². The van der Waals surface area contributed by atoms with E-state index in [4.69, 9.17) is 0 Å². The van der Waals surface area contributed by atoms with Crippen molar-refractivity contribution >= 4 is 6.29 Å². The summed E-state index contributed by atoms with van der Waals surface area (Å²) in [5.41, 5.74) is 0.554. The van der Waals surface area contributed by atoms with Gasteiger partial charge in [0.15, 0.2) is 6.29 Å². The van der Waals surface area contributed by atoms with Gasteiger partial charge >= 0.3 is 0 Å². The lowest BCUT2D eigenvalue weighted by Crippen LogP contribution is -2.16. The Morgan fingerprint density at radius 2 is 2.40 bits per heavy atom. The topological polar surface area (TPSA) is 34.9 Å². The molecule has 0 N–H and O–H groups in total. The fourth-order valence-electron chi connectivity index (χ4n) is 3.41. The normalized spacial score (nSPS) is 33.5. The number of nitrogens with zero attached hydrogens (tertiary/aromatic N) is 2. The summed E-state index contributed by atoms with van der Waals surface area (Å²) in [6.07, 6.45) is 10.2. The smallest absolute Gasteiger partial charge is 0.169 e. The highest BCUT2D eigenvalue weighted by atomic mass is 16.1. The van der Waals surface area contributed by atoms with Crippen LogP contribution in [0.1, 0.15) is 36.2 Å². The van der Waals surface area contributed by atoms with Gasteiger partial charge in [0.2, 0.25) is 0 Å². The Hall–Kier alpha value is -1.12. The summed E-state index contributed by atoms with van der Waals surface area (Å²) in [5.74, 6) is 2.77. The highest BCUT2D eigenvalue weighted by molar-refractivity contribution is 5.70. The standard InChI is InChI=1S/C12H16N2O/c15-7-12-6-14(8-13-12)5-11-4-9-1-2-10(11)3-9/h6-11H,1-5H2. The quantitative estimate of drug-likeness (QED) is 0.707. The summed E-state index contributed by atoms with van der Waals surface area (Å²) in [4.78, 5) is 14.5. The highest BCUT2D eigenvalue weighted by Gasteiger charge is 2.39. The average molecular weight is 204 g/mol. The monoisotopic (exact) mass is 204 g/mol. The van der Waals surface area contributed by atoms with E-state index in [1.165, 1.54) is 25.7 Å². The molecule has 0 aliphatic heterocycles. The van der Waals surface area contributed by atoms with E-state index < -0.39 is 0 Å². The van der Waals surface area contributed by atoms with Gasteiger partial charge < -0.3 is 4.57 Å². The number of aromatic nitrogens is 2. The van der Waals surface area contributed by atoms with E-state index in [-0.39, 0.29) is 0 Å². The molecular weight excluding hydrogens is 188 g/mol. The molecular formula is C12H16N2O. The Labute approximate surface area is 89.5 Å². The molecule has 2 aliphatic carbocycles. The minimum Gasteiger partial charge on any atom is -0.336 e. The predicted octanol–water partition coefficient (Wildman–Crippen LogP) is 2.13. The Morgan fingerprint density at radius 3 is 3.00 bits per heavy atom. The van der Waals surface area contributed by atoms with Crippen molar-refractivity contribution < 1.29 is 4.79 Å². The van der Waals surface area contributed by atoms with E-state index in [0.717, 1.165) is 30.6 Å². The molecule has 1 aromatic heterocycles. The van der Waals surface area contributed by atoms with Gasteiger partial charge in [0, 0.05) is 12.7 Å². The van der Waals surface area contributed by atoms with Crippen molar-refractivity contribution in [1.82, 2.24) is 9.55 Å². The average Bonchev–Trinajstić information content (AvgIpc) is 2.92. The second kappa shape index (κ2) is 3.47. The molecule has 3 heteroatoms. The van der Waals surface area contributed by atoms with Gasteiger partial charge in [-0.3, -0.25) is 4.79 Å². The molecule has 1 heterocycles. The molecule has 80 valence electrons. The van der Waals surface area contributed by atoms with Crippen LogP contribution in [0.4, 0.5) is 0 Å². The lowest BCUT2D eigenvalue weighted by atomic mass is 9.89. The number of hydrogen-bond donors (Lipinski definition) is 0. The van der Waals surface area contributed by atoms with Gasteiger partial charge in [0.25, 0.3) is 0 Å². The largest absolute Gasteiger partial charge is 0.336 e. The number of imidazole rings is 1. The number of fused-ring (bicyclic) bond motifs is 2. The predicted molar refractivity (Wildman–Crippen MR) is 56.6 cm³/mol. The van der Waals surface area contributed by atoms with Crippen molar-refractivity contribution in [2.45, 2.75) is 32.2 Å². The van der Waals surface area contributed by atoms with Crippen LogP contribution in [0, 0.1) is 17.8 Å².